The zero-order chi connectivity index (χ0) is 11.3. The Morgan fingerprint density at radius 2 is 1.87 bits per heavy atom. The molecule has 0 aliphatic rings. The molecule has 3 nitrogen and oxygen atoms in total. The number of carboxylic acids is 1. The number of hydrogen-bond donors (Lipinski definition) is 1. The minimum absolute atomic E-state index is 0.808. The molecule has 78 valence electrons. The van der Waals surface area contributed by atoms with Crippen molar-refractivity contribution >= 4 is 29.6 Å². The van der Waals surface area contributed by atoms with Crippen molar-refractivity contribution in [3.63, 3.8) is 0 Å². The average Bonchev–Trinajstić information content (AvgIpc) is 2.26. The second kappa shape index (κ2) is 5.36. The SMILES string of the molecule is CSc1ccc(/C=C/C(=O)C(=O)O)cc1. The van der Waals surface area contributed by atoms with E-state index in [9.17, 15) is 9.59 Å². The summed E-state index contributed by atoms with van der Waals surface area (Å²) >= 11 is 1.62. The van der Waals surface area contributed by atoms with Crippen LogP contribution in [0.2, 0.25) is 0 Å². The Balaban J connectivity index is 2.73. The quantitative estimate of drug-likeness (QED) is 0.481. The van der Waals surface area contributed by atoms with Gasteiger partial charge in [0.1, 0.15) is 0 Å². The first-order chi connectivity index (χ1) is 7.13. The van der Waals surface area contributed by atoms with E-state index in [0.717, 1.165) is 16.5 Å². The van der Waals surface area contributed by atoms with Crippen LogP contribution in [0.1, 0.15) is 5.56 Å². The van der Waals surface area contributed by atoms with Crippen LogP contribution in [0.4, 0.5) is 0 Å². The smallest absolute Gasteiger partial charge is 0.376 e. The molecule has 15 heavy (non-hydrogen) atoms. The van der Waals surface area contributed by atoms with Gasteiger partial charge in [0.25, 0.3) is 5.78 Å². The normalized spacial score (nSPS) is 10.5. The van der Waals surface area contributed by atoms with E-state index in [2.05, 4.69) is 0 Å². The zero-order valence-corrected chi connectivity index (χ0v) is 8.95. The minimum Gasteiger partial charge on any atom is -0.475 e. The van der Waals surface area contributed by atoms with E-state index >= 15 is 0 Å². The van der Waals surface area contributed by atoms with Gasteiger partial charge >= 0.3 is 5.97 Å². The van der Waals surface area contributed by atoms with Crippen molar-refractivity contribution in [3.8, 4) is 0 Å². The standard InChI is InChI=1S/C11H10O3S/c1-15-9-5-2-8(3-6-9)4-7-10(12)11(13)14/h2-7H,1H3,(H,13,14)/b7-4+. The lowest BCUT2D eigenvalue weighted by Gasteiger charge is -1.96. The Hall–Kier alpha value is -1.55. The summed E-state index contributed by atoms with van der Waals surface area (Å²) < 4.78 is 0. The van der Waals surface area contributed by atoms with E-state index in [0.29, 0.717) is 0 Å². The lowest BCUT2D eigenvalue weighted by molar-refractivity contribution is -0.146. The molecule has 1 rings (SSSR count). The molecule has 0 fully saturated rings. The lowest BCUT2D eigenvalue weighted by Crippen LogP contribution is -2.08. The first kappa shape index (κ1) is 11.5. The van der Waals surface area contributed by atoms with Crippen LogP contribution < -0.4 is 0 Å². The predicted octanol–water partition coefficient (Wildman–Crippen LogP) is 2.08. The summed E-state index contributed by atoms with van der Waals surface area (Å²) in [7, 11) is 0. The summed E-state index contributed by atoms with van der Waals surface area (Å²) in [4.78, 5) is 22.1. The Kier molecular flexibility index (Phi) is 4.12. The van der Waals surface area contributed by atoms with Crippen LogP contribution in [-0.4, -0.2) is 23.1 Å². The van der Waals surface area contributed by atoms with Crippen molar-refractivity contribution < 1.29 is 14.7 Å². The second-order valence-corrected chi connectivity index (χ2v) is 3.66. The lowest BCUT2D eigenvalue weighted by atomic mass is 10.2. The molecule has 0 saturated heterocycles. The number of hydrogen-bond acceptors (Lipinski definition) is 3. The highest BCUT2D eigenvalue weighted by molar-refractivity contribution is 7.98. The third kappa shape index (κ3) is 3.59. The van der Waals surface area contributed by atoms with E-state index in [1.807, 2.05) is 30.5 Å². The molecule has 0 amide bonds. The highest BCUT2D eigenvalue weighted by atomic mass is 32.2. The molecule has 0 aliphatic heterocycles. The number of aliphatic carboxylic acids is 1. The van der Waals surface area contributed by atoms with E-state index in [1.54, 1.807) is 11.8 Å². The van der Waals surface area contributed by atoms with Crippen LogP contribution in [0.15, 0.2) is 35.2 Å². The van der Waals surface area contributed by atoms with Gasteiger partial charge in [-0.05, 0) is 30.0 Å². The van der Waals surface area contributed by atoms with Crippen molar-refractivity contribution in [2.75, 3.05) is 6.26 Å². The molecule has 0 atom stereocenters. The first-order valence-electron chi connectivity index (χ1n) is 4.23. The van der Waals surface area contributed by atoms with Crippen LogP contribution in [-0.2, 0) is 9.59 Å². The summed E-state index contributed by atoms with van der Waals surface area (Å²) in [6.07, 6.45) is 4.51. The molecular formula is C11H10O3S. The summed E-state index contributed by atoms with van der Waals surface area (Å²) in [5.41, 5.74) is 0.808. The molecule has 1 aromatic carbocycles. The van der Waals surface area contributed by atoms with E-state index < -0.39 is 11.8 Å². The monoisotopic (exact) mass is 222 g/mol. The van der Waals surface area contributed by atoms with Gasteiger partial charge in [0.15, 0.2) is 0 Å². The van der Waals surface area contributed by atoms with Gasteiger partial charge in [-0.15, -0.1) is 11.8 Å². The Morgan fingerprint density at radius 1 is 1.27 bits per heavy atom. The number of carbonyl (C=O) groups is 2. The fourth-order valence-electron chi connectivity index (χ4n) is 0.958. The largest absolute Gasteiger partial charge is 0.475 e. The molecular weight excluding hydrogens is 212 g/mol. The fourth-order valence-corrected chi connectivity index (χ4v) is 1.37. The van der Waals surface area contributed by atoms with Crippen LogP contribution in [0.5, 0.6) is 0 Å². The van der Waals surface area contributed by atoms with Crippen molar-refractivity contribution in [2.45, 2.75) is 4.90 Å². The van der Waals surface area contributed by atoms with Gasteiger partial charge in [0, 0.05) is 4.90 Å². The highest BCUT2D eigenvalue weighted by Gasteiger charge is 2.05. The van der Waals surface area contributed by atoms with Crippen molar-refractivity contribution in [1.82, 2.24) is 0 Å². The van der Waals surface area contributed by atoms with Gasteiger partial charge in [-0.2, -0.15) is 0 Å². The molecule has 0 unspecified atom stereocenters. The van der Waals surface area contributed by atoms with E-state index in [-0.39, 0.29) is 0 Å². The molecule has 0 saturated carbocycles. The Labute approximate surface area is 91.8 Å². The third-order valence-corrected chi connectivity index (χ3v) is 2.50. The second-order valence-electron chi connectivity index (χ2n) is 2.78. The predicted molar refractivity (Wildman–Crippen MR) is 59.9 cm³/mol. The number of carbonyl (C=O) groups excluding carboxylic acids is 1. The zero-order valence-electron chi connectivity index (χ0n) is 8.14. The number of carboxylic acid groups (broad SMARTS) is 1. The van der Waals surface area contributed by atoms with Crippen molar-refractivity contribution in [1.29, 1.82) is 0 Å². The molecule has 0 radical (unpaired) electrons. The Bertz CT molecular complexity index is 393. The molecule has 0 bridgehead atoms. The maximum Gasteiger partial charge on any atom is 0.376 e. The molecule has 0 heterocycles. The summed E-state index contributed by atoms with van der Waals surface area (Å²) in [5.74, 6) is -2.35. The number of thioether (sulfide) groups is 1. The molecule has 0 aliphatic carbocycles. The minimum atomic E-state index is -1.44. The van der Waals surface area contributed by atoms with Crippen LogP contribution in [0.25, 0.3) is 6.08 Å². The topological polar surface area (TPSA) is 54.4 Å². The maximum atomic E-state index is 10.7. The summed E-state index contributed by atoms with van der Waals surface area (Å²) in [6.45, 7) is 0. The molecule has 4 heteroatoms. The first-order valence-corrected chi connectivity index (χ1v) is 5.45. The van der Waals surface area contributed by atoms with E-state index in [1.165, 1.54) is 6.08 Å². The molecule has 1 N–H and O–H groups in total. The fraction of sp³-hybridized carbons (Fsp3) is 0.0909. The van der Waals surface area contributed by atoms with Crippen LogP contribution >= 0.6 is 11.8 Å². The van der Waals surface area contributed by atoms with Crippen LogP contribution in [0.3, 0.4) is 0 Å². The van der Waals surface area contributed by atoms with Gasteiger partial charge in [0.05, 0.1) is 0 Å². The van der Waals surface area contributed by atoms with Crippen molar-refractivity contribution in [3.05, 3.63) is 35.9 Å². The van der Waals surface area contributed by atoms with Gasteiger partial charge in [-0.3, -0.25) is 4.79 Å². The third-order valence-electron chi connectivity index (χ3n) is 1.75. The van der Waals surface area contributed by atoms with E-state index in [4.69, 9.17) is 5.11 Å². The summed E-state index contributed by atoms with van der Waals surface area (Å²) in [6, 6.07) is 7.49. The number of rotatable bonds is 4. The van der Waals surface area contributed by atoms with Crippen LogP contribution in [0, 0.1) is 0 Å². The molecule has 0 aromatic heterocycles. The van der Waals surface area contributed by atoms with Gasteiger partial charge < -0.3 is 5.11 Å². The van der Waals surface area contributed by atoms with Gasteiger partial charge in [-0.25, -0.2) is 4.79 Å². The van der Waals surface area contributed by atoms with Crippen molar-refractivity contribution in [2.24, 2.45) is 0 Å². The average molecular weight is 222 g/mol. The molecule has 0 spiro atoms. The Morgan fingerprint density at radius 3 is 2.33 bits per heavy atom. The number of ketones is 1. The summed E-state index contributed by atoms with van der Waals surface area (Å²) in [5, 5.41) is 8.34. The molecule has 1 aromatic rings. The highest BCUT2D eigenvalue weighted by Crippen LogP contribution is 2.15. The van der Waals surface area contributed by atoms with Gasteiger partial charge in [-0.1, -0.05) is 18.2 Å². The maximum absolute atomic E-state index is 10.7. The van der Waals surface area contributed by atoms with Gasteiger partial charge in [0.2, 0.25) is 0 Å². The number of benzene rings is 1.